The number of carbonyl (C=O) groups excluding carboxylic acids is 2. The second kappa shape index (κ2) is 11.8. The predicted molar refractivity (Wildman–Crippen MR) is 110 cm³/mol. The fourth-order valence-corrected chi connectivity index (χ4v) is 2.63. The van der Waals surface area contributed by atoms with Crippen molar-refractivity contribution in [1.82, 2.24) is 0 Å². The predicted octanol–water partition coefficient (Wildman–Crippen LogP) is 4.45. The Balaban J connectivity index is 0.000000283. The smallest absolute Gasteiger partial charge is 0.337 e. The number of benzene rings is 2. The van der Waals surface area contributed by atoms with Gasteiger partial charge < -0.3 is 18.9 Å². The van der Waals surface area contributed by atoms with Gasteiger partial charge in [-0.05, 0) is 58.2 Å². The van der Waals surface area contributed by atoms with Crippen molar-refractivity contribution in [2.24, 2.45) is 0 Å². The molecule has 150 valence electrons. The minimum Gasteiger partial charge on any atom is -0.496 e. The Hall–Kier alpha value is -2.80. The number of methoxy groups -OCH3 is 4. The van der Waals surface area contributed by atoms with E-state index in [0.29, 0.717) is 29.0 Å². The molecular weight excluding hydrogens is 428 g/mol. The fraction of sp³-hybridized carbons (Fsp3) is 0.238. The van der Waals surface area contributed by atoms with Crippen LogP contribution in [0.4, 0.5) is 0 Å². The fourth-order valence-electron chi connectivity index (χ4n) is 2.22. The van der Waals surface area contributed by atoms with Crippen LogP contribution in [-0.2, 0) is 15.9 Å². The van der Waals surface area contributed by atoms with Crippen LogP contribution in [0.2, 0.25) is 0 Å². The molecule has 2 aromatic carbocycles. The zero-order chi connectivity index (χ0) is 21.1. The second-order valence-electron chi connectivity index (χ2n) is 5.35. The second-order valence-corrected chi connectivity index (χ2v) is 6.21. The summed E-state index contributed by atoms with van der Waals surface area (Å²) < 4.78 is 20.2. The van der Waals surface area contributed by atoms with Crippen molar-refractivity contribution in [1.29, 1.82) is 0 Å². The Kier molecular flexibility index (Phi) is 9.81. The molecule has 0 saturated carbocycles. The molecule has 0 aliphatic carbocycles. The third kappa shape index (κ3) is 6.42. The van der Waals surface area contributed by atoms with E-state index in [0.717, 1.165) is 10.0 Å². The average Bonchev–Trinajstić information content (AvgIpc) is 2.73. The molecule has 0 radical (unpaired) electrons. The summed E-state index contributed by atoms with van der Waals surface area (Å²) in [5.74, 6) is 0.560. The molecule has 0 aliphatic rings. The summed E-state index contributed by atoms with van der Waals surface area (Å²) in [4.78, 5) is 22.4. The molecule has 0 amide bonds. The highest BCUT2D eigenvalue weighted by atomic mass is 79.9. The summed E-state index contributed by atoms with van der Waals surface area (Å²) >= 11 is 3.28. The van der Waals surface area contributed by atoms with Crippen molar-refractivity contribution >= 4 is 27.9 Å². The quantitative estimate of drug-likeness (QED) is 0.477. The maximum absolute atomic E-state index is 11.3. The summed E-state index contributed by atoms with van der Waals surface area (Å²) in [6, 6.07) is 10.3. The van der Waals surface area contributed by atoms with Gasteiger partial charge in [-0.1, -0.05) is 12.1 Å². The van der Waals surface area contributed by atoms with Crippen LogP contribution < -0.4 is 9.47 Å². The first-order valence-electron chi connectivity index (χ1n) is 8.19. The summed E-state index contributed by atoms with van der Waals surface area (Å²) in [7, 11) is 5.81. The van der Waals surface area contributed by atoms with Crippen LogP contribution in [0.15, 0.2) is 53.5 Å². The SMILES string of the molecule is C=CCc1ccc(C(=O)OC)cc1OC.COC(=O)c1ccc(Br)c(OC)c1. The molecular formula is C21H23BrO6. The maximum Gasteiger partial charge on any atom is 0.337 e. The molecule has 2 rings (SSSR count). The van der Waals surface area contributed by atoms with E-state index in [1.54, 1.807) is 50.6 Å². The van der Waals surface area contributed by atoms with Gasteiger partial charge in [-0.25, -0.2) is 9.59 Å². The van der Waals surface area contributed by atoms with Gasteiger partial charge in [0.15, 0.2) is 0 Å². The molecule has 28 heavy (non-hydrogen) atoms. The number of halogens is 1. The van der Waals surface area contributed by atoms with Gasteiger partial charge in [-0.3, -0.25) is 0 Å². The molecule has 6 nitrogen and oxygen atoms in total. The van der Waals surface area contributed by atoms with Gasteiger partial charge in [0, 0.05) is 0 Å². The van der Waals surface area contributed by atoms with Gasteiger partial charge in [0.05, 0.1) is 44.0 Å². The van der Waals surface area contributed by atoms with Crippen LogP contribution in [0.5, 0.6) is 11.5 Å². The first-order chi connectivity index (χ1) is 13.4. The third-order valence-corrected chi connectivity index (χ3v) is 4.30. The van der Waals surface area contributed by atoms with E-state index in [1.807, 2.05) is 6.07 Å². The molecule has 0 spiro atoms. The van der Waals surface area contributed by atoms with E-state index in [4.69, 9.17) is 9.47 Å². The molecule has 0 N–H and O–H groups in total. The number of esters is 2. The van der Waals surface area contributed by atoms with Gasteiger partial charge in [0.2, 0.25) is 0 Å². The highest BCUT2D eigenvalue weighted by molar-refractivity contribution is 9.10. The average molecular weight is 451 g/mol. The highest BCUT2D eigenvalue weighted by Crippen LogP contribution is 2.25. The standard InChI is InChI=1S/C12H14O3.C9H9BrO3/c1-4-5-9-6-7-10(12(13)15-3)8-11(9)14-2;1-12-8-5-6(9(11)13-2)3-4-7(8)10/h4,6-8H,1,5H2,2-3H3;3-5H,1-2H3. The minimum atomic E-state index is -0.370. The summed E-state index contributed by atoms with van der Waals surface area (Å²) in [6.07, 6.45) is 2.50. The number of carbonyl (C=O) groups is 2. The van der Waals surface area contributed by atoms with E-state index >= 15 is 0 Å². The summed E-state index contributed by atoms with van der Waals surface area (Å²) in [5.41, 5.74) is 1.96. The molecule has 0 unspecified atom stereocenters. The zero-order valence-corrected chi connectivity index (χ0v) is 17.9. The number of allylic oxidation sites excluding steroid dienone is 1. The maximum atomic E-state index is 11.3. The van der Waals surface area contributed by atoms with Crippen molar-refractivity contribution < 1.29 is 28.5 Å². The first-order valence-corrected chi connectivity index (χ1v) is 8.99. The molecule has 0 atom stereocenters. The van der Waals surface area contributed by atoms with Crippen LogP contribution in [-0.4, -0.2) is 40.4 Å². The third-order valence-electron chi connectivity index (χ3n) is 3.64. The lowest BCUT2D eigenvalue weighted by Gasteiger charge is -2.08. The van der Waals surface area contributed by atoms with Crippen molar-refractivity contribution in [3.63, 3.8) is 0 Å². The molecule has 0 fully saturated rings. The number of rotatable bonds is 6. The van der Waals surface area contributed by atoms with E-state index in [1.165, 1.54) is 14.2 Å². The molecule has 2 aromatic rings. The Bertz CT molecular complexity index is 832. The lowest BCUT2D eigenvalue weighted by Crippen LogP contribution is -2.02. The van der Waals surface area contributed by atoms with Gasteiger partial charge in [0.25, 0.3) is 0 Å². The normalized spacial score (nSPS) is 9.46. The largest absolute Gasteiger partial charge is 0.496 e. The van der Waals surface area contributed by atoms with Crippen LogP contribution in [0.25, 0.3) is 0 Å². The molecule has 0 aliphatic heterocycles. The van der Waals surface area contributed by atoms with Crippen molar-refractivity contribution in [2.75, 3.05) is 28.4 Å². The Morgan fingerprint density at radius 2 is 1.39 bits per heavy atom. The summed E-state index contributed by atoms with van der Waals surface area (Å²) in [5, 5.41) is 0. The minimum absolute atomic E-state index is 0.363. The van der Waals surface area contributed by atoms with E-state index in [2.05, 4.69) is 32.0 Å². The number of ether oxygens (including phenoxy) is 4. The van der Waals surface area contributed by atoms with Gasteiger partial charge in [-0.15, -0.1) is 6.58 Å². The lowest BCUT2D eigenvalue weighted by atomic mass is 10.1. The van der Waals surface area contributed by atoms with Gasteiger partial charge >= 0.3 is 11.9 Å². The Morgan fingerprint density at radius 3 is 1.86 bits per heavy atom. The monoisotopic (exact) mass is 450 g/mol. The zero-order valence-electron chi connectivity index (χ0n) is 16.3. The van der Waals surface area contributed by atoms with E-state index in [9.17, 15) is 9.59 Å². The van der Waals surface area contributed by atoms with Crippen LogP contribution in [0, 0.1) is 0 Å². The van der Waals surface area contributed by atoms with Crippen LogP contribution in [0.1, 0.15) is 26.3 Å². The van der Waals surface area contributed by atoms with Gasteiger partial charge in [0.1, 0.15) is 11.5 Å². The molecule has 7 heteroatoms. The molecule has 0 heterocycles. The number of hydrogen-bond donors (Lipinski definition) is 0. The van der Waals surface area contributed by atoms with Crippen molar-refractivity contribution in [2.45, 2.75) is 6.42 Å². The lowest BCUT2D eigenvalue weighted by molar-refractivity contribution is 0.0591. The van der Waals surface area contributed by atoms with Gasteiger partial charge in [-0.2, -0.15) is 0 Å². The topological polar surface area (TPSA) is 71.1 Å². The van der Waals surface area contributed by atoms with E-state index in [-0.39, 0.29) is 11.9 Å². The van der Waals surface area contributed by atoms with E-state index < -0.39 is 0 Å². The van der Waals surface area contributed by atoms with Crippen LogP contribution in [0.3, 0.4) is 0 Å². The van der Waals surface area contributed by atoms with Crippen molar-refractivity contribution in [3.05, 3.63) is 70.2 Å². The highest BCUT2D eigenvalue weighted by Gasteiger charge is 2.09. The molecule has 0 saturated heterocycles. The molecule has 0 aromatic heterocycles. The molecule has 0 bridgehead atoms. The van der Waals surface area contributed by atoms with Crippen LogP contribution >= 0.6 is 15.9 Å². The van der Waals surface area contributed by atoms with Crippen molar-refractivity contribution in [3.8, 4) is 11.5 Å². The first kappa shape index (κ1) is 23.2. The summed E-state index contributed by atoms with van der Waals surface area (Å²) in [6.45, 7) is 3.66. The Labute approximate surface area is 173 Å². The number of hydrogen-bond acceptors (Lipinski definition) is 6. The Morgan fingerprint density at radius 1 is 0.893 bits per heavy atom.